The Morgan fingerprint density at radius 3 is 2.85 bits per heavy atom. The van der Waals surface area contributed by atoms with Crippen molar-refractivity contribution in [2.45, 2.75) is 25.8 Å². The Bertz CT molecular complexity index is 893. The standard InChI is InChI=1S/C22H22ClNO3/c23-19-8-4-7-16(12-19)17-11-18-14-24(9-10-27-21(18)20(25)13-17)22(26)15-5-2-1-3-6-15/h1-2,4,7-8,11-13,15,25H,3,5-6,9-10,14H2/t15-/m1/s1. The van der Waals surface area contributed by atoms with Gasteiger partial charge in [-0.25, -0.2) is 0 Å². The van der Waals surface area contributed by atoms with E-state index in [-0.39, 0.29) is 17.6 Å². The third kappa shape index (κ3) is 3.81. The van der Waals surface area contributed by atoms with Crippen LogP contribution in [0.1, 0.15) is 24.8 Å². The van der Waals surface area contributed by atoms with Crippen LogP contribution >= 0.6 is 11.6 Å². The summed E-state index contributed by atoms with van der Waals surface area (Å²) in [6, 6.07) is 11.2. The van der Waals surface area contributed by atoms with Crippen molar-refractivity contribution >= 4 is 17.5 Å². The molecule has 0 spiro atoms. The minimum Gasteiger partial charge on any atom is -0.504 e. The summed E-state index contributed by atoms with van der Waals surface area (Å²) in [7, 11) is 0. The van der Waals surface area contributed by atoms with Crippen molar-refractivity contribution in [2.75, 3.05) is 13.2 Å². The molecule has 1 atom stereocenters. The summed E-state index contributed by atoms with van der Waals surface area (Å²) in [6.45, 7) is 1.35. The Balaban J connectivity index is 1.64. The molecule has 0 bridgehead atoms. The molecule has 140 valence electrons. The molecular formula is C22H22ClNO3. The molecule has 0 radical (unpaired) electrons. The quantitative estimate of drug-likeness (QED) is 0.758. The smallest absolute Gasteiger partial charge is 0.226 e. The first kappa shape index (κ1) is 17.9. The lowest BCUT2D eigenvalue weighted by Crippen LogP contribution is -2.37. The number of allylic oxidation sites excluding steroid dienone is 2. The lowest BCUT2D eigenvalue weighted by molar-refractivity contribution is -0.136. The highest BCUT2D eigenvalue weighted by Gasteiger charge is 2.28. The number of nitrogens with zero attached hydrogens (tertiary/aromatic N) is 1. The number of carbonyl (C=O) groups is 1. The molecule has 0 saturated heterocycles. The first-order chi connectivity index (χ1) is 13.1. The molecule has 1 heterocycles. The van der Waals surface area contributed by atoms with Crippen LogP contribution in [0.3, 0.4) is 0 Å². The molecule has 1 aliphatic carbocycles. The van der Waals surface area contributed by atoms with Gasteiger partial charge in [0, 0.05) is 23.0 Å². The summed E-state index contributed by atoms with van der Waals surface area (Å²) in [4.78, 5) is 14.8. The van der Waals surface area contributed by atoms with E-state index in [9.17, 15) is 9.90 Å². The first-order valence-corrected chi connectivity index (χ1v) is 9.68. The largest absolute Gasteiger partial charge is 0.504 e. The van der Waals surface area contributed by atoms with Crippen molar-refractivity contribution in [2.24, 2.45) is 5.92 Å². The van der Waals surface area contributed by atoms with E-state index in [2.05, 4.69) is 12.2 Å². The molecular weight excluding hydrogens is 362 g/mol. The molecule has 27 heavy (non-hydrogen) atoms. The highest BCUT2D eigenvalue weighted by molar-refractivity contribution is 6.30. The number of aromatic hydroxyl groups is 1. The summed E-state index contributed by atoms with van der Waals surface area (Å²) in [6.07, 6.45) is 6.89. The van der Waals surface area contributed by atoms with Gasteiger partial charge in [0.1, 0.15) is 6.61 Å². The molecule has 2 aromatic rings. The second-order valence-electron chi connectivity index (χ2n) is 7.08. The van der Waals surface area contributed by atoms with Crippen LogP contribution in [-0.4, -0.2) is 29.1 Å². The van der Waals surface area contributed by atoms with E-state index >= 15 is 0 Å². The van der Waals surface area contributed by atoms with Crippen molar-refractivity contribution in [3.63, 3.8) is 0 Å². The fourth-order valence-electron chi connectivity index (χ4n) is 3.80. The van der Waals surface area contributed by atoms with E-state index in [4.69, 9.17) is 16.3 Å². The van der Waals surface area contributed by atoms with Gasteiger partial charge in [-0.15, -0.1) is 0 Å². The second-order valence-corrected chi connectivity index (χ2v) is 7.52. The van der Waals surface area contributed by atoms with Gasteiger partial charge >= 0.3 is 0 Å². The second kappa shape index (κ2) is 7.65. The van der Waals surface area contributed by atoms with Gasteiger partial charge in [-0.05, 0) is 54.7 Å². The average molecular weight is 384 g/mol. The molecule has 5 heteroatoms. The SMILES string of the molecule is O=C([C@@H]1CC=CCC1)N1CCOc2c(O)cc(-c3cccc(Cl)c3)cc2C1. The molecule has 0 unspecified atom stereocenters. The van der Waals surface area contributed by atoms with Crippen LogP contribution in [0.2, 0.25) is 5.02 Å². The Morgan fingerprint density at radius 2 is 2.07 bits per heavy atom. The van der Waals surface area contributed by atoms with Crippen LogP contribution < -0.4 is 4.74 Å². The van der Waals surface area contributed by atoms with E-state index in [0.717, 1.165) is 36.0 Å². The number of hydrogen-bond acceptors (Lipinski definition) is 3. The normalized spacial score (nSPS) is 19.1. The van der Waals surface area contributed by atoms with E-state index < -0.39 is 0 Å². The molecule has 4 nitrogen and oxygen atoms in total. The first-order valence-electron chi connectivity index (χ1n) is 9.30. The Kier molecular flexibility index (Phi) is 5.08. The fourth-order valence-corrected chi connectivity index (χ4v) is 3.99. The van der Waals surface area contributed by atoms with Gasteiger partial charge in [-0.2, -0.15) is 0 Å². The van der Waals surface area contributed by atoms with Crippen molar-refractivity contribution in [3.8, 4) is 22.6 Å². The predicted molar refractivity (Wildman–Crippen MR) is 106 cm³/mol. The van der Waals surface area contributed by atoms with Gasteiger partial charge in [0.15, 0.2) is 11.5 Å². The molecule has 1 N–H and O–H groups in total. The van der Waals surface area contributed by atoms with Crippen LogP contribution in [0.25, 0.3) is 11.1 Å². The van der Waals surface area contributed by atoms with Crippen LogP contribution in [-0.2, 0) is 11.3 Å². The van der Waals surface area contributed by atoms with Crippen molar-refractivity contribution in [1.82, 2.24) is 4.90 Å². The van der Waals surface area contributed by atoms with Crippen LogP contribution in [0.15, 0.2) is 48.6 Å². The molecule has 2 aromatic carbocycles. The van der Waals surface area contributed by atoms with E-state index in [1.165, 1.54) is 0 Å². The molecule has 1 amide bonds. The summed E-state index contributed by atoms with van der Waals surface area (Å²) < 4.78 is 5.78. The van der Waals surface area contributed by atoms with E-state index in [0.29, 0.717) is 30.5 Å². The lowest BCUT2D eigenvalue weighted by atomic mass is 9.93. The van der Waals surface area contributed by atoms with Gasteiger partial charge < -0.3 is 14.7 Å². The van der Waals surface area contributed by atoms with Crippen LogP contribution in [0.4, 0.5) is 0 Å². The van der Waals surface area contributed by atoms with E-state index in [1.807, 2.05) is 35.2 Å². The predicted octanol–water partition coefficient (Wildman–Crippen LogP) is 4.79. The Labute approximate surface area is 164 Å². The number of rotatable bonds is 2. The van der Waals surface area contributed by atoms with Gasteiger partial charge in [-0.3, -0.25) is 4.79 Å². The summed E-state index contributed by atoms with van der Waals surface area (Å²) in [5.74, 6) is 0.779. The fraction of sp³-hybridized carbons (Fsp3) is 0.318. The van der Waals surface area contributed by atoms with Gasteiger partial charge in [0.25, 0.3) is 0 Å². The molecule has 1 aliphatic heterocycles. The number of amides is 1. The average Bonchev–Trinajstić information content (AvgIpc) is 2.91. The number of phenolic OH excluding ortho intramolecular Hbond substituents is 1. The number of fused-ring (bicyclic) bond motifs is 1. The van der Waals surface area contributed by atoms with Gasteiger partial charge in [0.2, 0.25) is 5.91 Å². The number of benzene rings is 2. The van der Waals surface area contributed by atoms with E-state index in [1.54, 1.807) is 6.07 Å². The number of phenols is 1. The Morgan fingerprint density at radius 1 is 1.19 bits per heavy atom. The minimum absolute atomic E-state index is 0.0428. The third-order valence-corrected chi connectivity index (χ3v) is 5.44. The van der Waals surface area contributed by atoms with Crippen molar-refractivity contribution in [3.05, 3.63) is 59.1 Å². The Hall–Kier alpha value is -2.46. The zero-order chi connectivity index (χ0) is 18.8. The van der Waals surface area contributed by atoms with Crippen LogP contribution in [0, 0.1) is 5.92 Å². The number of carbonyl (C=O) groups excluding carboxylic acids is 1. The summed E-state index contributed by atoms with van der Waals surface area (Å²) in [5, 5.41) is 11.1. The molecule has 4 rings (SSSR count). The number of halogens is 1. The highest BCUT2D eigenvalue weighted by Crippen LogP contribution is 2.38. The third-order valence-electron chi connectivity index (χ3n) is 5.20. The molecule has 2 aliphatic rings. The summed E-state index contributed by atoms with van der Waals surface area (Å²) >= 11 is 6.11. The maximum Gasteiger partial charge on any atom is 0.226 e. The topological polar surface area (TPSA) is 49.8 Å². The van der Waals surface area contributed by atoms with Crippen LogP contribution in [0.5, 0.6) is 11.5 Å². The monoisotopic (exact) mass is 383 g/mol. The van der Waals surface area contributed by atoms with Gasteiger partial charge in [0.05, 0.1) is 6.54 Å². The molecule has 0 aromatic heterocycles. The van der Waals surface area contributed by atoms with Crippen molar-refractivity contribution in [1.29, 1.82) is 0 Å². The molecule has 0 fully saturated rings. The summed E-state index contributed by atoms with van der Waals surface area (Å²) in [5.41, 5.74) is 2.59. The zero-order valence-electron chi connectivity index (χ0n) is 15.0. The maximum atomic E-state index is 13.0. The number of hydrogen-bond donors (Lipinski definition) is 1. The maximum absolute atomic E-state index is 13.0. The molecule has 0 saturated carbocycles. The van der Waals surface area contributed by atoms with Crippen molar-refractivity contribution < 1.29 is 14.6 Å². The zero-order valence-corrected chi connectivity index (χ0v) is 15.8. The van der Waals surface area contributed by atoms with Gasteiger partial charge in [-0.1, -0.05) is 35.9 Å². The number of ether oxygens (including phenoxy) is 1. The minimum atomic E-state index is 0.0428. The highest BCUT2D eigenvalue weighted by atomic mass is 35.5. The lowest BCUT2D eigenvalue weighted by Gasteiger charge is -2.26.